The molecule has 5 atom stereocenters. The largest absolute Gasteiger partial charge is 0.463 e. The second-order valence-corrected chi connectivity index (χ2v) is 7.87. The van der Waals surface area contributed by atoms with Crippen LogP contribution in [0.1, 0.15) is 26.3 Å². The molecule has 0 spiro atoms. The van der Waals surface area contributed by atoms with E-state index in [2.05, 4.69) is 10.0 Å². The first kappa shape index (κ1) is 19.9. The molecular weight excluding hydrogens is 362 g/mol. The lowest BCUT2D eigenvalue weighted by Crippen LogP contribution is -2.48. The molecule has 1 aromatic carbocycles. The van der Waals surface area contributed by atoms with Crippen molar-refractivity contribution in [2.45, 2.75) is 50.2 Å². The number of halogens is 1. The van der Waals surface area contributed by atoms with Gasteiger partial charge in [-0.1, -0.05) is 48.4 Å². The van der Waals surface area contributed by atoms with Gasteiger partial charge in [-0.3, -0.25) is 4.79 Å². The fraction of sp³-hybridized carbons (Fsp3) is 0.588. The molecule has 8 heteroatoms. The molecule has 25 heavy (non-hydrogen) atoms. The molecule has 1 saturated heterocycles. The van der Waals surface area contributed by atoms with E-state index in [0.717, 1.165) is 10.5 Å². The van der Waals surface area contributed by atoms with Crippen LogP contribution >= 0.6 is 23.4 Å². The van der Waals surface area contributed by atoms with Crippen LogP contribution in [0, 0.1) is 18.8 Å². The summed E-state index contributed by atoms with van der Waals surface area (Å²) in [6, 6.07) is 5.61. The molecule has 1 aromatic rings. The van der Waals surface area contributed by atoms with Crippen molar-refractivity contribution in [3.05, 3.63) is 39.2 Å². The summed E-state index contributed by atoms with van der Waals surface area (Å²) in [7, 11) is 0. The molecule has 1 aliphatic rings. The van der Waals surface area contributed by atoms with Gasteiger partial charge in [0.25, 0.3) is 0 Å². The summed E-state index contributed by atoms with van der Waals surface area (Å²) in [5, 5.41) is 4.67. The standard InChI is InChI=1S/C17H22ClN3O3S/c1-9-5-6-13(7-14(9)18)25-17-11(3)16(20-21-19)10(2)15(24-17)8-23-12(4)22/h5-7,10-11,15-17H,8H2,1-4H3/t10-,11?,15?,16-,17+/m0/s1. The van der Waals surface area contributed by atoms with Gasteiger partial charge in [0.15, 0.2) is 0 Å². The second kappa shape index (κ2) is 8.81. The summed E-state index contributed by atoms with van der Waals surface area (Å²) in [4.78, 5) is 15.1. The number of ether oxygens (including phenoxy) is 2. The third kappa shape index (κ3) is 5.05. The SMILES string of the molecule is CC(=O)OCC1O[C@H](Sc2ccc(C)c(Cl)c2)C(C)[C@@H](N=[N+]=[N-])[C@H]1C. The fourth-order valence-corrected chi connectivity index (χ4v) is 4.28. The number of esters is 1. The molecule has 2 unspecified atom stereocenters. The number of thioether (sulfide) groups is 1. The van der Waals surface area contributed by atoms with Gasteiger partial charge >= 0.3 is 5.97 Å². The van der Waals surface area contributed by atoms with Crippen LogP contribution < -0.4 is 0 Å². The van der Waals surface area contributed by atoms with Crippen molar-refractivity contribution in [3.8, 4) is 0 Å². The predicted molar refractivity (Wildman–Crippen MR) is 98.6 cm³/mol. The van der Waals surface area contributed by atoms with Gasteiger partial charge in [-0.25, -0.2) is 0 Å². The van der Waals surface area contributed by atoms with Crippen LogP contribution in [0.3, 0.4) is 0 Å². The van der Waals surface area contributed by atoms with Crippen molar-refractivity contribution in [1.29, 1.82) is 0 Å². The third-order valence-corrected chi connectivity index (χ3v) is 6.14. The van der Waals surface area contributed by atoms with E-state index in [0.29, 0.717) is 5.02 Å². The monoisotopic (exact) mass is 383 g/mol. The van der Waals surface area contributed by atoms with Crippen molar-refractivity contribution in [3.63, 3.8) is 0 Å². The second-order valence-electron chi connectivity index (χ2n) is 6.29. The highest BCUT2D eigenvalue weighted by Gasteiger charge is 2.41. The lowest BCUT2D eigenvalue weighted by molar-refractivity contribution is -0.153. The molecule has 0 saturated carbocycles. The molecule has 136 valence electrons. The number of benzene rings is 1. The van der Waals surface area contributed by atoms with Gasteiger partial charge in [0.1, 0.15) is 12.0 Å². The number of azide groups is 1. The van der Waals surface area contributed by atoms with Gasteiger partial charge in [-0.2, -0.15) is 0 Å². The minimum absolute atomic E-state index is 0.00422. The van der Waals surface area contributed by atoms with Crippen LogP contribution in [0.2, 0.25) is 5.02 Å². The topological polar surface area (TPSA) is 84.3 Å². The Hall–Kier alpha value is -1.40. The molecule has 6 nitrogen and oxygen atoms in total. The number of rotatable bonds is 5. The highest BCUT2D eigenvalue weighted by atomic mass is 35.5. The summed E-state index contributed by atoms with van der Waals surface area (Å²) in [5.74, 6) is -0.405. The minimum atomic E-state index is -0.357. The van der Waals surface area contributed by atoms with Crippen LogP contribution in [-0.4, -0.2) is 30.2 Å². The average molecular weight is 384 g/mol. The maximum Gasteiger partial charge on any atom is 0.302 e. The number of hydrogen-bond acceptors (Lipinski definition) is 5. The number of carbonyl (C=O) groups is 1. The molecule has 0 N–H and O–H groups in total. The summed E-state index contributed by atoms with van der Waals surface area (Å²) in [5.41, 5.74) is 9.69. The van der Waals surface area contributed by atoms with Gasteiger partial charge in [0.05, 0.1) is 6.10 Å². The zero-order valence-electron chi connectivity index (χ0n) is 14.7. The van der Waals surface area contributed by atoms with Crippen molar-refractivity contribution < 1.29 is 14.3 Å². The first-order valence-corrected chi connectivity index (χ1v) is 9.35. The van der Waals surface area contributed by atoms with Gasteiger partial charge < -0.3 is 9.47 Å². The molecule has 0 bridgehead atoms. The molecule has 0 radical (unpaired) electrons. The summed E-state index contributed by atoms with van der Waals surface area (Å²) in [6.07, 6.45) is -0.325. The van der Waals surface area contributed by atoms with E-state index in [-0.39, 0.29) is 42.0 Å². The van der Waals surface area contributed by atoms with Crippen LogP contribution in [0.5, 0.6) is 0 Å². The average Bonchev–Trinajstić information content (AvgIpc) is 2.56. The van der Waals surface area contributed by atoms with E-state index >= 15 is 0 Å². The van der Waals surface area contributed by atoms with Crippen molar-refractivity contribution in [2.75, 3.05) is 6.61 Å². The summed E-state index contributed by atoms with van der Waals surface area (Å²) >= 11 is 7.74. The van der Waals surface area contributed by atoms with Crippen LogP contribution in [0.15, 0.2) is 28.2 Å². The van der Waals surface area contributed by atoms with E-state index in [1.165, 1.54) is 18.7 Å². The Morgan fingerprint density at radius 3 is 2.76 bits per heavy atom. The van der Waals surface area contributed by atoms with E-state index in [9.17, 15) is 4.79 Å². The summed E-state index contributed by atoms with van der Waals surface area (Å²) in [6.45, 7) is 7.41. The van der Waals surface area contributed by atoms with E-state index in [1.807, 2.05) is 39.0 Å². The summed E-state index contributed by atoms with van der Waals surface area (Å²) < 4.78 is 11.3. The molecule has 0 aromatic heterocycles. The molecule has 1 fully saturated rings. The quantitative estimate of drug-likeness (QED) is 0.310. The first-order chi connectivity index (χ1) is 11.8. The zero-order chi connectivity index (χ0) is 18.6. The number of hydrogen-bond donors (Lipinski definition) is 0. The molecular formula is C17H22ClN3O3S. The predicted octanol–water partition coefficient (Wildman–Crippen LogP) is 4.98. The Bertz CT molecular complexity index is 681. The maximum atomic E-state index is 11.1. The Balaban J connectivity index is 2.20. The Morgan fingerprint density at radius 1 is 1.44 bits per heavy atom. The van der Waals surface area contributed by atoms with Crippen molar-refractivity contribution in [1.82, 2.24) is 0 Å². The lowest BCUT2D eigenvalue weighted by Gasteiger charge is -2.42. The smallest absolute Gasteiger partial charge is 0.302 e. The molecule has 1 aliphatic heterocycles. The minimum Gasteiger partial charge on any atom is -0.463 e. The van der Waals surface area contributed by atoms with Crippen molar-refractivity contribution >= 4 is 29.3 Å². The Kier molecular flexibility index (Phi) is 7.02. The van der Waals surface area contributed by atoms with E-state index in [4.69, 9.17) is 26.6 Å². The zero-order valence-corrected chi connectivity index (χ0v) is 16.3. The number of aryl methyl sites for hydroxylation is 1. The van der Waals surface area contributed by atoms with Gasteiger partial charge in [0.2, 0.25) is 0 Å². The molecule has 2 rings (SSSR count). The molecule has 1 heterocycles. The third-order valence-electron chi connectivity index (χ3n) is 4.43. The van der Waals surface area contributed by atoms with Gasteiger partial charge in [0, 0.05) is 33.7 Å². The lowest BCUT2D eigenvalue weighted by atomic mass is 9.85. The molecule has 0 aliphatic carbocycles. The van der Waals surface area contributed by atoms with Gasteiger partial charge in [-0.05, 0) is 36.1 Å². The molecule has 0 amide bonds. The van der Waals surface area contributed by atoms with E-state index < -0.39 is 0 Å². The number of carbonyl (C=O) groups excluding carboxylic acids is 1. The fourth-order valence-electron chi connectivity index (χ4n) is 2.86. The highest BCUT2D eigenvalue weighted by Crippen LogP contribution is 2.41. The van der Waals surface area contributed by atoms with Crippen LogP contribution in [0.4, 0.5) is 0 Å². The van der Waals surface area contributed by atoms with Gasteiger partial charge in [-0.15, -0.1) is 0 Å². The van der Waals surface area contributed by atoms with Crippen molar-refractivity contribution in [2.24, 2.45) is 17.0 Å². The number of nitrogens with zero attached hydrogens (tertiary/aromatic N) is 3. The first-order valence-electron chi connectivity index (χ1n) is 8.09. The normalized spacial score (nSPS) is 28.9. The van der Waals surface area contributed by atoms with Crippen LogP contribution in [0.25, 0.3) is 10.4 Å². The Labute approximate surface area is 156 Å². The van der Waals surface area contributed by atoms with Crippen LogP contribution in [-0.2, 0) is 14.3 Å². The Morgan fingerprint density at radius 2 is 2.16 bits per heavy atom. The van der Waals surface area contributed by atoms with E-state index in [1.54, 1.807) is 0 Å². The maximum absolute atomic E-state index is 11.1. The highest BCUT2D eigenvalue weighted by molar-refractivity contribution is 7.99.